The molecule has 0 spiro atoms. The Morgan fingerprint density at radius 1 is 0.636 bits per heavy atom. The summed E-state index contributed by atoms with van der Waals surface area (Å²) in [5.41, 5.74) is 10.5. The lowest BCUT2D eigenvalue weighted by Crippen LogP contribution is -2.13. The summed E-state index contributed by atoms with van der Waals surface area (Å²) in [5, 5.41) is 9.69. The Bertz CT molecular complexity index is 2070. The fourth-order valence-electron chi connectivity index (χ4n) is 5.96. The van der Waals surface area contributed by atoms with Gasteiger partial charge >= 0.3 is 13.6 Å². The molecule has 0 saturated heterocycles. The van der Waals surface area contributed by atoms with Crippen LogP contribution in [0.3, 0.4) is 0 Å². The SMILES string of the molecule is CC(C)(C)c1ccc(-c2ccc(N(c3ccc(C=C(C#N)C(=O)OCCOCCP(=O)(O)O)cc3)c3ccc(-c4ccc(C(C)(C)C)cc4)cc3)cc2)cc1. The zero-order chi connectivity index (χ0) is 39.8. The van der Waals surface area contributed by atoms with Gasteiger partial charge in [-0.05, 0) is 92.2 Å². The minimum absolute atomic E-state index is 0.0517. The normalized spacial score (nSPS) is 12.2. The quantitative estimate of drug-likeness (QED) is 0.0401. The molecular formula is C46H49N2O6P. The van der Waals surface area contributed by atoms with Crippen molar-refractivity contribution in [2.24, 2.45) is 0 Å². The third-order valence-corrected chi connectivity index (χ3v) is 9.98. The van der Waals surface area contributed by atoms with Gasteiger partial charge < -0.3 is 24.2 Å². The van der Waals surface area contributed by atoms with E-state index in [-0.39, 0.29) is 36.2 Å². The van der Waals surface area contributed by atoms with Gasteiger partial charge in [-0.15, -0.1) is 0 Å². The second-order valence-electron chi connectivity index (χ2n) is 15.5. The summed E-state index contributed by atoms with van der Waals surface area (Å²) >= 11 is 0. The molecule has 0 fully saturated rings. The average Bonchev–Trinajstić information content (AvgIpc) is 3.15. The summed E-state index contributed by atoms with van der Waals surface area (Å²) < 4.78 is 21.2. The van der Waals surface area contributed by atoms with Crippen molar-refractivity contribution < 1.29 is 28.6 Å². The number of carbonyl (C=O) groups excluding carboxylic acids is 1. The maximum Gasteiger partial charge on any atom is 0.348 e. The fourth-order valence-corrected chi connectivity index (χ4v) is 6.33. The van der Waals surface area contributed by atoms with Gasteiger partial charge in [0.25, 0.3) is 0 Å². The molecule has 0 heterocycles. The molecular weight excluding hydrogens is 707 g/mol. The molecule has 0 atom stereocenters. The van der Waals surface area contributed by atoms with E-state index in [2.05, 4.69) is 144 Å². The molecule has 55 heavy (non-hydrogen) atoms. The summed E-state index contributed by atoms with van der Waals surface area (Å²) in [6.45, 7) is 12.9. The molecule has 0 amide bonds. The molecule has 5 rings (SSSR count). The molecule has 8 nitrogen and oxygen atoms in total. The topological polar surface area (TPSA) is 120 Å². The highest BCUT2D eigenvalue weighted by molar-refractivity contribution is 7.51. The number of hydrogen-bond donors (Lipinski definition) is 2. The van der Waals surface area contributed by atoms with E-state index in [1.165, 1.54) is 17.2 Å². The van der Waals surface area contributed by atoms with Crippen LogP contribution < -0.4 is 4.90 Å². The highest BCUT2D eigenvalue weighted by Crippen LogP contribution is 2.38. The first-order chi connectivity index (χ1) is 26.0. The van der Waals surface area contributed by atoms with Gasteiger partial charge in [0.15, 0.2) is 0 Å². The molecule has 0 radical (unpaired) electrons. The van der Waals surface area contributed by atoms with Gasteiger partial charge in [-0.1, -0.05) is 126 Å². The fraction of sp³-hybridized carbons (Fsp3) is 0.261. The summed E-state index contributed by atoms with van der Waals surface area (Å²) in [6.07, 6.45) is 1.04. The van der Waals surface area contributed by atoms with Crippen molar-refractivity contribution in [2.45, 2.75) is 52.4 Å². The van der Waals surface area contributed by atoms with Crippen molar-refractivity contribution in [3.05, 3.63) is 144 Å². The van der Waals surface area contributed by atoms with Crippen molar-refractivity contribution in [3.8, 4) is 28.3 Å². The molecule has 9 heteroatoms. The Kier molecular flexibility index (Phi) is 13.0. The van der Waals surface area contributed by atoms with Crippen molar-refractivity contribution in [1.29, 1.82) is 5.26 Å². The highest BCUT2D eigenvalue weighted by atomic mass is 31.2. The molecule has 5 aromatic rings. The molecule has 5 aromatic carbocycles. The predicted octanol–water partition coefficient (Wildman–Crippen LogP) is 10.7. The summed E-state index contributed by atoms with van der Waals surface area (Å²) in [7, 11) is -4.17. The third kappa shape index (κ3) is 11.4. The standard InChI is InChI=1S/C46H49N2O6P/c1-45(2,3)39-17-9-34(10-18-39)36-13-23-42(24-14-36)48(43-25-15-37(16-26-43)35-11-19-40(20-12-35)46(4,5)6)41-21-7-33(8-22-41)31-38(32-47)44(49)54-28-27-53-29-30-55(50,51)52/h7-26,31H,27-30H2,1-6H3,(H2,50,51,52). The zero-order valence-corrected chi connectivity index (χ0v) is 33.2. The van der Waals surface area contributed by atoms with Crippen LogP contribution in [0.5, 0.6) is 0 Å². The first-order valence-electron chi connectivity index (χ1n) is 18.3. The second-order valence-corrected chi connectivity index (χ2v) is 17.3. The van der Waals surface area contributed by atoms with Crippen molar-refractivity contribution in [3.63, 3.8) is 0 Å². The van der Waals surface area contributed by atoms with Crippen LogP contribution in [0, 0.1) is 11.3 Å². The molecule has 0 aliphatic carbocycles. The Balaban J connectivity index is 1.39. The van der Waals surface area contributed by atoms with Gasteiger partial charge in [-0.25, -0.2) is 4.79 Å². The van der Waals surface area contributed by atoms with Gasteiger partial charge in [0.05, 0.1) is 19.4 Å². The van der Waals surface area contributed by atoms with Crippen LogP contribution in [0.1, 0.15) is 58.2 Å². The molecule has 0 aliphatic heterocycles. The lowest BCUT2D eigenvalue weighted by atomic mass is 9.86. The number of esters is 1. The van der Waals surface area contributed by atoms with Crippen LogP contribution in [-0.2, 0) is 29.7 Å². The number of benzene rings is 5. The Morgan fingerprint density at radius 2 is 1.02 bits per heavy atom. The summed E-state index contributed by atoms with van der Waals surface area (Å²) in [5.74, 6) is -0.812. The lowest BCUT2D eigenvalue weighted by Gasteiger charge is -2.26. The maximum absolute atomic E-state index is 12.6. The first-order valence-corrected chi connectivity index (χ1v) is 20.0. The van der Waals surface area contributed by atoms with E-state index in [0.29, 0.717) is 5.56 Å². The molecule has 2 N–H and O–H groups in total. The Hall–Kier alpha value is -5.29. The van der Waals surface area contributed by atoms with E-state index in [1.54, 1.807) is 0 Å². The second kappa shape index (κ2) is 17.5. The van der Waals surface area contributed by atoms with E-state index < -0.39 is 19.7 Å². The van der Waals surface area contributed by atoms with Crippen molar-refractivity contribution >= 4 is 36.7 Å². The lowest BCUT2D eigenvalue weighted by molar-refractivity contribution is -0.139. The van der Waals surface area contributed by atoms with Crippen LogP contribution in [0.25, 0.3) is 28.3 Å². The number of anilines is 3. The molecule has 0 aromatic heterocycles. The first kappa shape index (κ1) is 40.9. The molecule has 0 aliphatic rings. The van der Waals surface area contributed by atoms with Crippen LogP contribution in [0.4, 0.5) is 17.1 Å². The molecule has 0 saturated carbocycles. The van der Waals surface area contributed by atoms with E-state index in [1.807, 2.05) is 30.3 Å². The number of rotatable bonds is 13. The maximum atomic E-state index is 12.6. The van der Waals surface area contributed by atoms with E-state index >= 15 is 0 Å². The average molecular weight is 757 g/mol. The minimum Gasteiger partial charge on any atom is -0.459 e. The predicted molar refractivity (Wildman–Crippen MR) is 222 cm³/mol. The smallest absolute Gasteiger partial charge is 0.348 e. The molecule has 0 unspecified atom stereocenters. The minimum atomic E-state index is -4.17. The van der Waals surface area contributed by atoms with Gasteiger partial charge in [-0.2, -0.15) is 5.26 Å². The monoisotopic (exact) mass is 756 g/mol. The van der Waals surface area contributed by atoms with Crippen LogP contribution >= 0.6 is 7.60 Å². The number of nitrogens with zero attached hydrogens (tertiary/aromatic N) is 2. The Morgan fingerprint density at radius 3 is 1.38 bits per heavy atom. The van der Waals surface area contributed by atoms with Gasteiger partial charge in [0.1, 0.15) is 18.2 Å². The van der Waals surface area contributed by atoms with Gasteiger partial charge in [-0.3, -0.25) is 4.57 Å². The van der Waals surface area contributed by atoms with Crippen LogP contribution in [0.15, 0.2) is 127 Å². The number of carbonyl (C=O) groups is 1. The molecule has 0 bridgehead atoms. The highest BCUT2D eigenvalue weighted by Gasteiger charge is 2.18. The van der Waals surface area contributed by atoms with Gasteiger partial charge in [0.2, 0.25) is 0 Å². The Labute approximate surface area is 324 Å². The summed E-state index contributed by atoms with van der Waals surface area (Å²) in [6, 6.07) is 43.9. The third-order valence-electron chi connectivity index (χ3n) is 9.21. The number of nitriles is 1. The largest absolute Gasteiger partial charge is 0.459 e. The molecule has 284 valence electrons. The zero-order valence-electron chi connectivity index (χ0n) is 32.3. The van der Waals surface area contributed by atoms with Gasteiger partial charge in [0, 0.05) is 17.1 Å². The number of ether oxygens (including phenoxy) is 2. The van der Waals surface area contributed by atoms with Crippen LogP contribution in [-0.4, -0.2) is 41.7 Å². The summed E-state index contributed by atoms with van der Waals surface area (Å²) in [4.78, 5) is 32.6. The van der Waals surface area contributed by atoms with Crippen molar-refractivity contribution in [2.75, 3.05) is 30.9 Å². The van der Waals surface area contributed by atoms with E-state index in [4.69, 9.17) is 19.3 Å². The number of hydrogen-bond acceptors (Lipinski definition) is 6. The van der Waals surface area contributed by atoms with Crippen molar-refractivity contribution in [1.82, 2.24) is 0 Å². The van der Waals surface area contributed by atoms with Crippen LogP contribution in [0.2, 0.25) is 0 Å². The van der Waals surface area contributed by atoms with E-state index in [9.17, 15) is 14.6 Å². The van der Waals surface area contributed by atoms with E-state index in [0.717, 1.165) is 39.3 Å².